The van der Waals surface area contributed by atoms with Crippen LogP contribution >= 0.6 is 0 Å². The van der Waals surface area contributed by atoms with E-state index in [0.29, 0.717) is 11.3 Å². The molecule has 8 heteroatoms. The highest BCUT2D eigenvalue weighted by Gasteiger charge is 2.30. The Hall–Kier alpha value is -3.29. The van der Waals surface area contributed by atoms with Crippen LogP contribution in [0.3, 0.4) is 0 Å². The van der Waals surface area contributed by atoms with Gasteiger partial charge in [0.15, 0.2) is 0 Å². The summed E-state index contributed by atoms with van der Waals surface area (Å²) < 4.78 is 40.5. The molecule has 2 N–H and O–H groups in total. The number of anilines is 1. The van der Waals surface area contributed by atoms with Crippen molar-refractivity contribution in [1.82, 2.24) is 9.13 Å². The van der Waals surface area contributed by atoms with Gasteiger partial charge in [0.05, 0.1) is 17.8 Å². The second-order valence-corrected chi connectivity index (χ2v) is 8.07. The van der Waals surface area contributed by atoms with Gasteiger partial charge in [0, 0.05) is 6.07 Å². The molecule has 0 fully saturated rings. The quantitative estimate of drug-likeness (QED) is 0.702. The Labute approximate surface area is 171 Å². The van der Waals surface area contributed by atoms with Gasteiger partial charge in [-0.3, -0.25) is 9.36 Å². The van der Waals surface area contributed by atoms with Crippen molar-refractivity contribution >= 4 is 5.82 Å². The van der Waals surface area contributed by atoms with Crippen LogP contribution in [0.4, 0.5) is 19.0 Å². The number of hydrogen-bond acceptors (Lipinski definition) is 3. The normalized spacial score (nSPS) is 12.2. The zero-order valence-corrected chi connectivity index (χ0v) is 16.8. The number of nitrogens with two attached hydrogens (primary N) is 1. The van der Waals surface area contributed by atoms with E-state index in [2.05, 4.69) is 0 Å². The molecule has 0 radical (unpaired) electrons. The molecule has 5 nitrogen and oxygen atoms in total. The molecule has 0 spiro atoms. The van der Waals surface area contributed by atoms with Crippen LogP contribution in [-0.2, 0) is 18.1 Å². The van der Waals surface area contributed by atoms with E-state index in [9.17, 15) is 22.8 Å². The van der Waals surface area contributed by atoms with Gasteiger partial charge in [0.25, 0.3) is 5.56 Å². The molecule has 0 amide bonds. The van der Waals surface area contributed by atoms with E-state index >= 15 is 0 Å². The molecule has 0 aliphatic carbocycles. The van der Waals surface area contributed by atoms with Crippen LogP contribution in [0.25, 0.3) is 5.69 Å². The molecule has 3 rings (SSSR count). The van der Waals surface area contributed by atoms with Gasteiger partial charge in [-0.2, -0.15) is 13.2 Å². The lowest BCUT2D eigenvalue weighted by Gasteiger charge is -2.24. The van der Waals surface area contributed by atoms with Gasteiger partial charge in [0.2, 0.25) is 0 Å². The number of hydrogen-bond donors (Lipinski definition) is 1. The van der Waals surface area contributed by atoms with Crippen LogP contribution in [0.2, 0.25) is 0 Å². The molecule has 1 heterocycles. The summed E-state index contributed by atoms with van der Waals surface area (Å²) in [7, 11) is 0. The molecule has 2 aromatic carbocycles. The fraction of sp³-hybridized carbons (Fsp3) is 0.273. The number of para-hydroxylation sites is 1. The summed E-state index contributed by atoms with van der Waals surface area (Å²) in [5.41, 5.74) is 5.45. The Morgan fingerprint density at radius 1 is 0.933 bits per heavy atom. The highest BCUT2D eigenvalue weighted by molar-refractivity contribution is 5.50. The van der Waals surface area contributed by atoms with E-state index < -0.39 is 23.0 Å². The Bertz CT molecular complexity index is 1180. The van der Waals surface area contributed by atoms with Gasteiger partial charge in [0.1, 0.15) is 5.82 Å². The summed E-state index contributed by atoms with van der Waals surface area (Å²) in [6.45, 7) is 5.80. The third kappa shape index (κ3) is 4.17. The van der Waals surface area contributed by atoms with Crippen molar-refractivity contribution in [1.29, 1.82) is 0 Å². The van der Waals surface area contributed by atoms with E-state index in [1.165, 1.54) is 16.7 Å². The minimum absolute atomic E-state index is 0.00892. The molecule has 0 saturated heterocycles. The lowest BCUT2D eigenvalue weighted by Crippen LogP contribution is -2.40. The first-order valence-electron chi connectivity index (χ1n) is 9.28. The van der Waals surface area contributed by atoms with E-state index in [0.717, 1.165) is 28.3 Å². The average molecular weight is 417 g/mol. The van der Waals surface area contributed by atoms with Crippen molar-refractivity contribution in [2.24, 2.45) is 0 Å². The van der Waals surface area contributed by atoms with E-state index in [-0.39, 0.29) is 17.8 Å². The van der Waals surface area contributed by atoms with Crippen LogP contribution in [0.15, 0.2) is 64.2 Å². The summed E-state index contributed by atoms with van der Waals surface area (Å²) in [4.78, 5) is 25.6. The van der Waals surface area contributed by atoms with Crippen LogP contribution in [0.1, 0.15) is 37.5 Å². The second-order valence-electron chi connectivity index (χ2n) is 8.07. The van der Waals surface area contributed by atoms with Crippen molar-refractivity contribution in [3.8, 4) is 5.69 Å². The first-order chi connectivity index (χ1) is 13.9. The molecule has 0 aliphatic heterocycles. The SMILES string of the molecule is CC(C)(C)c1ccccc1-n1c(N)cc(=O)n(Cc2ccc(C(F)(F)F)cc2)c1=O. The summed E-state index contributed by atoms with van der Waals surface area (Å²) in [6, 6.07) is 12.7. The monoisotopic (exact) mass is 417 g/mol. The molecular formula is C22H22F3N3O2. The largest absolute Gasteiger partial charge is 0.416 e. The minimum Gasteiger partial charge on any atom is -0.385 e. The number of rotatable bonds is 3. The van der Waals surface area contributed by atoms with Gasteiger partial charge in [-0.1, -0.05) is 51.1 Å². The number of aromatic nitrogens is 2. The maximum atomic E-state index is 13.2. The summed E-state index contributed by atoms with van der Waals surface area (Å²) in [5.74, 6) is -0.00892. The topological polar surface area (TPSA) is 70.0 Å². The maximum absolute atomic E-state index is 13.2. The lowest BCUT2D eigenvalue weighted by atomic mass is 9.85. The van der Waals surface area contributed by atoms with Gasteiger partial charge in [-0.15, -0.1) is 0 Å². The maximum Gasteiger partial charge on any atom is 0.416 e. The van der Waals surface area contributed by atoms with Crippen LogP contribution in [-0.4, -0.2) is 9.13 Å². The Balaban J connectivity index is 2.12. The van der Waals surface area contributed by atoms with E-state index in [4.69, 9.17) is 5.73 Å². The fourth-order valence-corrected chi connectivity index (χ4v) is 3.27. The fourth-order valence-electron chi connectivity index (χ4n) is 3.27. The number of nitrogens with zero attached hydrogens (tertiary/aromatic N) is 2. The Kier molecular flexibility index (Phi) is 5.36. The molecule has 30 heavy (non-hydrogen) atoms. The van der Waals surface area contributed by atoms with Gasteiger partial charge in [-0.25, -0.2) is 9.36 Å². The van der Waals surface area contributed by atoms with Gasteiger partial charge in [-0.05, 0) is 34.7 Å². The second kappa shape index (κ2) is 7.51. The van der Waals surface area contributed by atoms with E-state index in [1.54, 1.807) is 12.1 Å². The van der Waals surface area contributed by atoms with Crippen molar-refractivity contribution < 1.29 is 13.2 Å². The smallest absolute Gasteiger partial charge is 0.385 e. The van der Waals surface area contributed by atoms with E-state index in [1.807, 2.05) is 32.9 Å². The summed E-state index contributed by atoms with van der Waals surface area (Å²) >= 11 is 0. The Morgan fingerprint density at radius 3 is 2.10 bits per heavy atom. The molecule has 0 aliphatic rings. The third-order valence-electron chi connectivity index (χ3n) is 4.79. The average Bonchev–Trinajstić information content (AvgIpc) is 2.64. The number of nitrogen functional groups attached to an aromatic ring is 1. The third-order valence-corrected chi connectivity index (χ3v) is 4.79. The molecule has 0 atom stereocenters. The highest BCUT2D eigenvalue weighted by atomic mass is 19.4. The van der Waals surface area contributed by atoms with Crippen molar-refractivity contribution in [2.75, 3.05) is 5.73 Å². The molecule has 158 valence electrons. The summed E-state index contributed by atoms with van der Waals surface area (Å²) in [6.07, 6.45) is -4.46. The Morgan fingerprint density at radius 2 is 1.53 bits per heavy atom. The predicted molar refractivity (Wildman–Crippen MR) is 110 cm³/mol. The first kappa shape index (κ1) is 21.4. The molecule has 0 bridgehead atoms. The van der Waals surface area contributed by atoms with Crippen LogP contribution in [0, 0.1) is 0 Å². The zero-order chi connectivity index (χ0) is 22.3. The molecule has 1 aromatic heterocycles. The van der Waals surface area contributed by atoms with Crippen molar-refractivity contribution in [3.63, 3.8) is 0 Å². The van der Waals surface area contributed by atoms with Crippen LogP contribution < -0.4 is 17.0 Å². The number of benzene rings is 2. The molecular weight excluding hydrogens is 395 g/mol. The predicted octanol–water partition coefficient (Wildman–Crippen LogP) is 3.95. The molecule has 0 saturated carbocycles. The first-order valence-corrected chi connectivity index (χ1v) is 9.28. The van der Waals surface area contributed by atoms with Crippen LogP contribution in [0.5, 0.6) is 0 Å². The number of alkyl halides is 3. The summed E-state index contributed by atoms with van der Waals surface area (Å²) in [5, 5.41) is 0. The minimum atomic E-state index is -4.46. The lowest BCUT2D eigenvalue weighted by molar-refractivity contribution is -0.137. The van der Waals surface area contributed by atoms with Crippen molar-refractivity contribution in [2.45, 2.75) is 38.9 Å². The van der Waals surface area contributed by atoms with Gasteiger partial charge < -0.3 is 5.73 Å². The standard InChI is InChI=1S/C22H22F3N3O2/c1-21(2,3)16-6-4-5-7-17(16)28-18(26)12-19(29)27(20(28)30)13-14-8-10-15(11-9-14)22(23,24)25/h4-12H,13,26H2,1-3H3. The van der Waals surface area contributed by atoms with Crippen molar-refractivity contribution in [3.05, 3.63) is 92.1 Å². The molecule has 0 unspecified atom stereocenters. The zero-order valence-electron chi connectivity index (χ0n) is 16.8. The van der Waals surface area contributed by atoms with Gasteiger partial charge >= 0.3 is 11.9 Å². The molecule has 3 aromatic rings. The number of halogens is 3. The highest BCUT2D eigenvalue weighted by Crippen LogP contribution is 2.30.